The van der Waals surface area contributed by atoms with Gasteiger partial charge < -0.3 is 14.4 Å². The molecule has 0 radical (unpaired) electrons. The van der Waals surface area contributed by atoms with Crippen LogP contribution in [0.1, 0.15) is 20.3 Å². The molecule has 1 aromatic rings. The Kier molecular flexibility index (Phi) is 7.61. The van der Waals surface area contributed by atoms with Crippen LogP contribution in [0.4, 0.5) is 0 Å². The summed E-state index contributed by atoms with van der Waals surface area (Å²) in [6.45, 7) is 4.73. The van der Waals surface area contributed by atoms with Gasteiger partial charge in [-0.15, -0.1) is 0 Å². The first kappa shape index (κ1) is 17.3. The van der Waals surface area contributed by atoms with Crippen molar-refractivity contribution in [1.82, 2.24) is 4.90 Å². The van der Waals surface area contributed by atoms with Crippen LogP contribution in [0.15, 0.2) is 24.3 Å². The van der Waals surface area contributed by atoms with Crippen LogP contribution < -0.4 is 4.74 Å². The molecule has 0 N–H and O–H groups in total. The second-order valence-corrected chi connectivity index (χ2v) is 4.71. The highest BCUT2D eigenvalue weighted by atomic mass is 35.5. The van der Waals surface area contributed by atoms with Crippen molar-refractivity contribution in [2.45, 2.75) is 20.3 Å². The van der Waals surface area contributed by atoms with Crippen molar-refractivity contribution in [2.24, 2.45) is 0 Å². The lowest BCUT2D eigenvalue weighted by Gasteiger charge is -2.20. The highest BCUT2D eigenvalue weighted by Crippen LogP contribution is 2.15. The van der Waals surface area contributed by atoms with Gasteiger partial charge in [-0.3, -0.25) is 9.59 Å². The van der Waals surface area contributed by atoms with Crippen LogP contribution in [0.25, 0.3) is 0 Å². The maximum atomic E-state index is 12.0. The zero-order valence-corrected chi connectivity index (χ0v) is 13.1. The first-order chi connectivity index (χ1) is 10.1. The highest BCUT2D eigenvalue weighted by molar-refractivity contribution is 6.30. The van der Waals surface area contributed by atoms with Gasteiger partial charge in [0.05, 0.1) is 13.0 Å². The molecule has 0 aromatic heterocycles. The Labute approximate surface area is 129 Å². The summed E-state index contributed by atoms with van der Waals surface area (Å²) in [5.41, 5.74) is 0. The van der Waals surface area contributed by atoms with Crippen molar-refractivity contribution in [1.29, 1.82) is 0 Å². The molecule has 1 rings (SSSR count). The molecule has 5 nitrogen and oxygen atoms in total. The molecular formula is C15H20ClNO4. The Bertz CT molecular complexity index is 461. The van der Waals surface area contributed by atoms with E-state index in [2.05, 4.69) is 0 Å². The van der Waals surface area contributed by atoms with Crippen LogP contribution >= 0.6 is 11.6 Å². The zero-order chi connectivity index (χ0) is 15.7. The minimum absolute atomic E-state index is 0.0711. The van der Waals surface area contributed by atoms with Gasteiger partial charge in [-0.05, 0) is 38.1 Å². The minimum Gasteiger partial charge on any atom is -0.484 e. The monoisotopic (exact) mass is 313 g/mol. The largest absolute Gasteiger partial charge is 0.484 e. The number of carbonyl (C=O) groups is 2. The van der Waals surface area contributed by atoms with Crippen molar-refractivity contribution in [2.75, 3.05) is 26.3 Å². The number of halogens is 1. The van der Waals surface area contributed by atoms with E-state index < -0.39 is 0 Å². The number of hydrogen-bond donors (Lipinski definition) is 0. The third kappa shape index (κ3) is 6.49. The first-order valence-electron chi connectivity index (χ1n) is 6.88. The van der Waals surface area contributed by atoms with Crippen molar-refractivity contribution < 1.29 is 19.1 Å². The van der Waals surface area contributed by atoms with Gasteiger partial charge >= 0.3 is 5.97 Å². The molecule has 21 heavy (non-hydrogen) atoms. The molecule has 0 bridgehead atoms. The van der Waals surface area contributed by atoms with Crippen LogP contribution in [0.5, 0.6) is 5.75 Å². The van der Waals surface area contributed by atoms with Gasteiger partial charge in [-0.25, -0.2) is 0 Å². The number of ether oxygens (including phenoxy) is 2. The smallest absolute Gasteiger partial charge is 0.307 e. The Morgan fingerprint density at radius 2 is 1.86 bits per heavy atom. The normalized spacial score (nSPS) is 10.0. The molecule has 0 atom stereocenters. The maximum Gasteiger partial charge on any atom is 0.307 e. The SMILES string of the molecule is CCOC(=O)CCN(CC)C(=O)COc1ccc(Cl)cc1. The first-order valence-corrected chi connectivity index (χ1v) is 7.26. The van der Waals surface area contributed by atoms with Crippen LogP contribution in [0.3, 0.4) is 0 Å². The molecule has 0 aliphatic heterocycles. The van der Waals surface area contributed by atoms with E-state index in [0.717, 1.165) is 0 Å². The van der Waals surface area contributed by atoms with E-state index in [-0.39, 0.29) is 24.9 Å². The molecule has 1 amide bonds. The van der Waals surface area contributed by atoms with Gasteiger partial charge in [0, 0.05) is 18.1 Å². The number of amides is 1. The number of nitrogens with zero attached hydrogens (tertiary/aromatic N) is 1. The van der Waals surface area contributed by atoms with Crippen LogP contribution in [-0.4, -0.2) is 43.1 Å². The molecule has 6 heteroatoms. The Morgan fingerprint density at radius 3 is 2.43 bits per heavy atom. The fraction of sp³-hybridized carbons (Fsp3) is 0.467. The van der Waals surface area contributed by atoms with Crippen molar-refractivity contribution >= 4 is 23.5 Å². The molecule has 0 spiro atoms. The predicted octanol–water partition coefficient (Wildman–Crippen LogP) is 2.52. The minimum atomic E-state index is -0.303. The van der Waals surface area contributed by atoms with Gasteiger partial charge in [0.2, 0.25) is 0 Å². The summed E-state index contributed by atoms with van der Waals surface area (Å²) in [6.07, 6.45) is 0.189. The van der Waals surface area contributed by atoms with Gasteiger partial charge in [0.25, 0.3) is 5.91 Å². The van der Waals surface area contributed by atoms with Crippen LogP contribution in [-0.2, 0) is 14.3 Å². The number of likely N-dealkylation sites (N-methyl/N-ethyl adjacent to an activating group) is 1. The number of esters is 1. The topological polar surface area (TPSA) is 55.8 Å². The van der Waals surface area contributed by atoms with E-state index in [1.165, 1.54) is 0 Å². The summed E-state index contributed by atoms with van der Waals surface area (Å²) in [4.78, 5) is 24.9. The van der Waals surface area contributed by atoms with E-state index in [1.807, 2.05) is 6.92 Å². The molecule has 0 saturated carbocycles. The number of benzene rings is 1. The van der Waals surface area contributed by atoms with E-state index in [1.54, 1.807) is 36.1 Å². The molecule has 0 saturated heterocycles. The molecule has 0 fully saturated rings. The average Bonchev–Trinajstić information content (AvgIpc) is 2.47. The van der Waals surface area contributed by atoms with Crippen LogP contribution in [0.2, 0.25) is 5.02 Å². The lowest BCUT2D eigenvalue weighted by atomic mass is 10.3. The number of hydrogen-bond acceptors (Lipinski definition) is 4. The fourth-order valence-electron chi connectivity index (χ4n) is 1.69. The molecule has 0 aliphatic rings. The second kappa shape index (κ2) is 9.23. The van der Waals surface area contributed by atoms with Gasteiger partial charge in [0.15, 0.2) is 6.61 Å². The second-order valence-electron chi connectivity index (χ2n) is 4.27. The van der Waals surface area contributed by atoms with Gasteiger partial charge in [-0.2, -0.15) is 0 Å². The fourth-order valence-corrected chi connectivity index (χ4v) is 1.81. The standard InChI is InChI=1S/C15H20ClNO4/c1-3-17(10-9-15(19)20-4-2)14(18)11-21-13-7-5-12(16)6-8-13/h5-8H,3-4,9-11H2,1-2H3. The number of carbonyl (C=O) groups excluding carboxylic acids is 2. The molecule has 116 valence electrons. The van der Waals surface area contributed by atoms with E-state index in [0.29, 0.717) is 30.5 Å². The molecule has 0 unspecified atom stereocenters. The summed E-state index contributed by atoms with van der Waals surface area (Å²) >= 11 is 5.77. The Balaban J connectivity index is 2.40. The van der Waals surface area contributed by atoms with E-state index in [9.17, 15) is 9.59 Å². The van der Waals surface area contributed by atoms with Crippen LogP contribution in [0, 0.1) is 0 Å². The van der Waals surface area contributed by atoms with Gasteiger partial charge in [0.1, 0.15) is 5.75 Å². The summed E-state index contributed by atoms with van der Waals surface area (Å²) in [7, 11) is 0. The summed E-state index contributed by atoms with van der Waals surface area (Å²) in [5.74, 6) is 0.105. The van der Waals surface area contributed by atoms with Crippen molar-refractivity contribution in [3.05, 3.63) is 29.3 Å². The lowest BCUT2D eigenvalue weighted by Crippen LogP contribution is -2.36. The predicted molar refractivity (Wildman–Crippen MR) is 80.5 cm³/mol. The highest BCUT2D eigenvalue weighted by Gasteiger charge is 2.14. The molecule has 0 heterocycles. The zero-order valence-electron chi connectivity index (χ0n) is 12.3. The summed E-state index contributed by atoms with van der Waals surface area (Å²) in [6, 6.07) is 6.79. The average molecular weight is 314 g/mol. The lowest BCUT2D eigenvalue weighted by molar-refractivity contribution is -0.144. The van der Waals surface area contributed by atoms with E-state index >= 15 is 0 Å². The summed E-state index contributed by atoms with van der Waals surface area (Å²) in [5, 5.41) is 0.610. The van der Waals surface area contributed by atoms with Crippen molar-refractivity contribution in [3.8, 4) is 5.75 Å². The third-order valence-corrected chi connectivity index (χ3v) is 3.05. The molecule has 1 aromatic carbocycles. The third-order valence-electron chi connectivity index (χ3n) is 2.80. The van der Waals surface area contributed by atoms with Crippen molar-refractivity contribution in [3.63, 3.8) is 0 Å². The quantitative estimate of drug-likeness (QED) is 0.692. The maximum absolute atomic E-state index is 12.0. The van der Waals surface area contributed by atoms with Gasteiger partial charge in [-0.1, -0.05) is 11.6 Å². The molecular weight excluding hydrogens is 294 g/mol. The Morgan fingerprint density at radius 1 is 1.19 bits per heavy atom. The summed E-state index contributed by atoms with van der Waals surface area (Å²) < 4.78 is 10.2. The molecule has 0 aliphatic carbocycles. The van der Waals surface area contributed by atoms with E-state index in [4.69, 9.17) is 21.1 Å². The number of rotatable bonds is 8. The Hall–Kier alpha value is -1.75.